The van der Waals surface area contributed by atoms with E-state index in [1.165, 1.54) is 18.1 Å². The number of fused-ring (bicyclic) bond motifs is 4. The predicted molar refractivity (Wildman–Crippen MR) is 142 cm³/mol. The molecule has 1 aliphatic carbocycles. The fourth-order valence-corrected chi connectivity index (χ4v) is 5.01. The molecule has 190 valence electrons. The highest BCUT2D eigenvalue weighted by atomic mass is 19.1. The predicted octanol–water partition coefficient (Wildman–Crippen LogP) is 6.61. The largest absolute Gasteiger partial charge is 0.495 e. The van der Waals surface area contributed by atoms with Gasteiger partial charge in [-0.25, -0.2) is 9.37 Å². The number of imidazole rings is 1. The lowest BCUT2D eigenvalue weighted by atomic mass is 9.99. The minimum Gasteiger partial charge on any atom is -0.495 e. The normalized spacial score (nSPS) is 19.1. The molecule has 3 aliphatic rings. The molecule has 2 aromatic carbocycles. The van der Waals surface area contributed by atoms with E-state index in [0.717, 1.165) is 66.3 Å². The average molecular weight is 491 g/mol. The Morgan fingerprint density at radius 2 is 1.97 bits per heavy atom. The van der Waals surface area contributed by atoms with Crippen LogP contribution in [0.15, 0.2) is 60.7 Å². The number of amidine groups is 1. The second-order valence-electron chi connectivity index (χ2n) is 8.85. The van der Waals surface area contributed by atoms with Crippen molar-refractivity contribution in [1.82, 2.24) is 14.5 Å². The quantitative estimate of drug-likeness (QED) is 0.414. The molecular formula is C29H35FN4O2. The third-order valence-corrected chi connectivity index (χ3v) is 6.74. The Kier molecular flexibility index (Phi) is 7.77. The van der Waals surface area contributed by atoms with Gasteiger partial charge in [-0.1, -0.05) is 43.8 Å². The van der Waals surface area contributed by atoms with Gasteiger partial charge in [0.15, 0.2) is 0 Å². The highest BCUT2D eigenvalue weighted by molar-refractivity contribution is 5.84. The first-order chi connectivity index (χ1) is 17.5. The number of halogens is 1. The highest BCUT2D eigenvalue weighted by Gasteiger charge is 2.52. The van der Waals surface area contributed by atoms with Crippen molar-refractivity contribution in [3.8, 4) is 11.4 Å². The van der Waals surface area contributed by atoms with Crippen molar-refractivity contribution >= 4 is 11.9 Å². The third kappa shape index (κ3) is 4.74. The number of nitrogens with zero attached hydrogens (tertiary/aromatic N) is 4. The number of rotatable bonds is 3. The van der Waals surface area contributed by atoms with Crippen molar-refractivity contribution in [3.05, 3.63) is 83.7 Å². The molecular weight excluding hydrogens is 455 g/mol. The van der Waals surface area contributed by atoms with E-state index in [-0.39, 0.29) is 5.82 Å². The van der Waals surface area contributed by atoms with Crippen LogP contribution in [-0.4, -0.2) is 33.9 Å². The summed E-state index contributed by atoms with van der Waals surface area (Å²) in [6.07, 6.45) is 10.7. The smallest absolute Gasteiger partial charge is 0.237 e. The van der Waals surface area contributed by atoms with Crippen molar-refractivity contribution in [1.29, 1.82) is 0 Å². The van der Waals surface area contributed by atoms with Crippen LogP contribution < -0.4 is 4.74 Å². The zero-order valence-corrected chi connectivity index (χ0v) is 21.6. The zero-order valence-electron chi connectivity index (χ0n) is 21.6. The van der Waals surface area contributed by atoms with Crippen LogP contribution in [-0.2, 0) is 17.0 Å². The van der Waals surface area contributed by atoms with E-state index < -0.39 is 5.72 Å². The maximum Gasteiger partial charge on any atom is 0.237 e. The van der Waals surface area contributed by atoms with Crippen LogP contribution >= 0.6 is 0 Å². The number of aryl methyl sites for hydroxylation is 2. The van der Waals surface area contributed by atoms with Gasteiger partial charge in [0.25, 0.3) is 0 Å². The molecule has 2 aliphatic heterocycles. The van der Waals surface area contributed by atoms with Crippen molar-refractivity contribution in [2.45, 2.75) is 58.6 Å². The Morgan fingerprint density at radius 1 is 1.14 bits per heavy atom. The number of piperidine rings is 1. The standard InChI is InChI=1S/C14H15FN2O.C13H14N2O.C2H6/c15-11-5-4-10-6-7-14(12(10)9-11)17-8-2-1-3-13(17)16-18-14;1-4-11-5-6-12(13(7-11)16-3)15-8-10(2)14-9-15;1-2/h4-5,9H,1-3,6-8H2;4-9H,1H2,2-3H3;1-2H3. The number of methoxy groups -OCH3 is 1. The van der Waals surface area contributed by atoms with E-state index in [1.54, 1.807) is 25.6 Å². The third-order valence-electron chi connectivity index (χ3n) is 6.74. The van der Waals surface area contributed by atoms with E-state index in [4.69, 9.17) is 9.57 Å². The summed E-state index contributed by atoms with van der Waals surface area (Å²) in [5.41, 5.74) is 4.66. The number of oxime groups is 1. The van der Waals surface area contributed by atoms with Gasteiger partial charge in [-0.2, -0.15) is 0 Å². The van der Waals surface area contributed by atoms with E-state index in [0.29, 0.717) is 0 Å². The zero-order chi connectivity index (χ0) is 25.7. The van der Waals surface area contributed by atoms with Gasteiger partial charge < -0.3 is 19.0 Å². The van der Waals surface area contributed by atoms with Crippen LogP contribution in [0, 0.1) is 12.7 Å². The van der Waals surface area contributed by atoms with E-state index in [9.17, 15) is 4.39 Å². The molecule has 7 heteroatoms. The summed E-state index contributed by atoms with van der Waals surface area (Å²) in [5, 5.41) is 4.24. The maximum atomic E-state index is 13.5. The molecule has 36 heavy (non-hydrogen) atoms. The van der Waals surface area contributed by atoms with E-state index in [1.807, 2.05) is 55.8 Å². The van der Waals surface area contributed by atoms with Crippen molar-refractivity contribution < 1.29 is 14.0 Å². The van der Waals surface area contributed by atoms with Crippen molar-refractivity contribution in [3.63, 3.8) is 0 Å². The molecule has 0 saturated carbocycles. The lowest BCUT2D eigenvalue weighted by molar-refractivity contribution is -0.106. The van der Waals surface area contributed by atoms with Gasteiger partial charge >= 0.3 is 0 Å². The molecule has 6 nitrogen and oxygen atoms in total. The van der Waals surface area contributed by atoms with Crippen molar-refractivity contribution in [2.24, 2.45) is 5.16 Å². The SMILES string of the molecule is C=Cc1ccc(-n2cnc(C)c2)c(OC)c1.CC.Fc1ccc2c(c1)C1(CC2)ON=C2CCCCN21. The first-order valence-corrected chi connectivity index (χ1v) is 12.7. The molecule has 3 aromatic rings. The number of aromatic nitrogens is 2. The van der Waals surface area contributed by atoms with E-state index in [2.05, 4.69) is 21.6 Å². The number of hydrogen-bond donors (Lipinski definition) is 0. The summed E-state index contributed by atoms with van der Waals surface area (Å²) in [5.74, 6) is 1.66. The minimum absolute atomic E-state index is 0.191. The van der Waals surface area contributed by atoms with Crippen LogP contribution in [0.1, 0.15) is 61.9 Å². The Hall–Kier alpha value is -3.61. The molecule has 0 amide bonds. The fraction of sp³-hybridized carbons (Fsp3) is 0.379. The molecule has 1 spiro atoms. The first-order valence-electron chi connectivity index (χ1n) is 12.7. The topological polar surface area (TPSA) is 51.9 Å². The van der Waals surface area contributed by atoms with Gasteiger partial charge in [-0.3, -0.25) is 0 Å². The highest BCUT2D eigenvalue weighted by Crippen LogP contribution is 2.47. The molecule has 1 saturated heterocycles. The van der Waals surface area contributed by atoms with Gasteiger partial charge in [0.05, 0.1) is 24.8 Å². The lowest BCUT2D eigenvalue weighted by Crippen LogP contribution is -2.46. The molecule has 1 unspecified atom stereocenters. The number of ether oxygens (including phenoxy) is 1. The Labute approximate surface area is 213 Å². The van der Waals surface area contributed by atoms with Gasteiger partial charge in [0, 0.05) is 31.1 Å². The summed E-state index contributed by atoms with van der Waals surface area (Å²) < 4.78 is 20.8. The molecule has 1 aromatic heterocycles. The van der Waals surface area contributed by atoms with Crippen LogP contribution in [0.2, 0.25) is 0 Å². The first kappa shape index (κ1) is 25.5. The van der Waals surface area contributed by atoms with Crippen LogP contribution in [0.5, 0.6) is 5.75 Å². The molecule has 1 atom stereocenters. The average Bonchev–Trinajstić information content (AvgIpc) is 3.63. The maximum absolute atomic E-state index is 13.5. The van der Waals surface area contributed by atoms with E-state index >= 15 is 0 Å². The van der Waals surface area contributed by atoms with Crippen LogP contribution in [0.3, 0.4) is 0 Å². The minimum atomic E-state index is -0.507. The molecule has 3 heterocycles. The summed E-state index contributed by atoms with van der Waals surface area (Å²) in [4.78, 5) is 12.2. The monoisotopic (exact) mass is 490 g/mol. The second-order valence-corrected chi connectivity index (χ2v) is 8.85. The molecule has 0 radical (unpaired) electrons. The van der Waals surface area contributed by atoms with Gasteiger partial charge in [0.1, 0.15) is 17.4 Å². The van der Waals surface area contributed by atoms with Gasteiger partial charge in [0.2, 0.25) is 5.72 Å². The number of benzene rings is 2. The van der Waals surface area contributed by atoms with Crippen molar-refractivity contribution in [2.75, 3.05) is 13.7 Å². The summed E-state index contributed by atoms with van der Waals surface area (Å²) in [6, 6.07) is 11.0. The van der Waals surface area contributed by atoms with Gasteiger partial charge in [-0.05, 0) is 61.6 Å². The Morgan fingerprint density at radius 3 is 2.69 bits per heavy atom. The summed E-state index contributed by atoms with van der Waals surface area (Å²) in [7, 11) is 1.66. The second kappa shape index (κ2) is 11.0. The van der Waals surface area contributed by atoms with Gasteiger partial charge in [-0.15, -0.1) is 0 Å². The fourth-order valence-electron chi connectivity index (χ4n) is 5.01. The Bertz CT molecular complexity index is 1250. The van der Waals surface area contributed by atoms with Crippen LogP contribution in [0.25, 0.3) is 11.8 Å². The Balaban J connectivity index is 0.000000160. The summed E-state index contributed by atoms with van der Waals surface area (Å²) in [6.45, 7) is 10.7. The molecule has 1 fully saturated rings. The van der Waals surface area contributed by atoms with Crippen LogP contribution in [0.4, 0.5) is 4.39 Å². The molecule has 0 bridgehead atoms. The molecule has 0 N–H and O–H groups in total. The summed E-state index contributed by atoms with van der Waals surface area (Å²) >= 11 is 0. The molecule has 6 rings (SSSR count). The lowest BCUT2D eigenvalue weighted by Gasteiger charge is -2.37. The number of hydrogen-bond acceptors (Lipinski definition) is 5.